The zero-order valence-corrected chi connectivity index (χ0v) is 22.5. The Morgan fingerprint density at radius 3 is 2.48 bits per heavy atom. The maximum absolute atomic E-state index is 14.3. The lowest BCUT2D eigenvalue weighted by atomic mass is 10.2. The van der Waals surface area contributed by atoms with Crippen LogP contribution in [0.3, 0.4) is 0 Å². The van der Waals surface area contributed by atoms with E-state index in [2.05, 4.69) is 10.1 Å². The summed E-state index contributed by atoms with van der Waals surface area (Å²) in [7, 11) is -3.64. The van der Waals surface area contributed by atoms with Crippen molar-refractivity contribution in [3.05, 3.63) is 100 Å². The van der Waals surface area contributed by atoms with Crippen molar-refractivity contribution in [3.63, 3.8) is 0 Å². The van der Waals surface area contributed by atoms with E-state index in [9.17, 15) is 17.2 Å². The molecular weight excluding hydrogens is 558 g/mol. The molecule has 0 bridgehead atoms. The number of hydrogen-bond donors (Lipinski definition) is 0. The van der Waals surface area contributed by atoms with Crippen LogP contribution in [0, 0.1) is 11.6 Å². The predicted octanol–water partition coefficient (Wildman–Crippen LogP) is 5.38. The Morgan fingerprint density at radius 2 is 1.73 bits per heavy atom. The minimum atomic E-state index is -3.64. The Balaban J connectivity index is 1.40. The molecule has 1 fully saturated rings. The first-order valence-corrected chi connectivity index (χ1v) is 14.6. The molecule has 40 heavy (non-hydrogen) atoms. The van der Waals surface area contributed by atoms with Gasteiger partial charge in [0.1, 0.15) is 22.9 Å². The number of thiazole rings is 1. The third-order valence-corrected chi connectivity index (χ3v) is 9.04. The van der Waals surface area contributed by atoms with Gasteiger partial charge in [0.15, 0.2) is 5.76 Å². The summed E-state index contributed by atoms with van der Waals surface area (Å²) in [5, 5.41) is 7.17. The van der Waals surface area contributed by atoms with Crippen LogP contribution in [0.15, 0.2) is 97.6 Å². The van der Waals surface area contributed by atoms with E-state index in [1.54, 1.807) is 12.1 Å². The van der Waals surface area contributed by atoms with Crippen LogP contribution in [0.4, 0.5) is 14.5 Å². The smallest absolute Gasteiger partial charge is 0.243 e. The molecule has 5 aromatic rings. The van der Waals surface area contributed by atoms with Crippen molar-refractivity contribution in [2.45, 2.75) is 4.90 Å². The highest BCUT2D eigenvalue weighted by molar-refractivity contribution is 7.89. The van der Waals surface area contributed by atoms with Crippen LogP contribution >= 0.6 is 11.3 Å². The van der Waals surface area contributed by atoms with Gasteiger partial charge in [-0.3, -0.25) is 0 Å². The van der Waals surface area contributed by atoms with Crippen LogP contribution in [-0.2, 0) is 14.8 Å². The van der Waals surface area contributed by atoms with Crippen molar-refractivity contribution >= 4 is 44.2 Å². The van der Waals surface area contributed by atoms with Gasteiger partial charge in [-0.1, -0.05) is 18.2 Å². The molecule has 0 aliphatic carbocycles. The molecule has 3 aromatic carbocycles. The van der Waals surface area contributed by atoms with Crippen LogP contribution in [-0.4, -0.2) is 49.9 Å². The van der Waals surface area contributed by atoms with Gasteiger partial charge in [0.05, 0.1) is 30.0 Å². The molecule has 3 heterocycles. The molecular formula is C28H22F2N4O4S2. The van der Waals surface area contributed by atoms with Crippen molar-refractivity contribution in [1.82, 2.24) is 8.98 Å². The van der Waals surface area contributed by atoms with Gasteiger partial charge in [0.25, 0.3) is 0 Å². The molecule has 0 unspecified atom stereocenters. The van der Waals surface area contributed by atoms with E-state index in [1.165, 1.54) is 44.7 Å². The Bertz CT molecular complexity index is 1850. The number of nitrogens with zero attached hydrogens (tertiary/aromatic N) is 4. The normalized spacial score (nSPS) is 15.4. The first kappa shape index (κ1) is 26.3. The Labute approximate surface area is 232 Å². The zero-order valence-electron chi connectivity index (χ0n) is 20.9. The molecule has 0 N–H and O–H groups in total. The molecule has 1 aliphatic heterocycles. The van der Waals surface area contributed by atoms with Crippen LogP contribution < -0.4 is 4.80 Å². The number of para-hydroxylation sites is 1. The van der Waals surface area contributed by atoms with Gasteiger partial charge in [-0.05, 0) is 48.5 Å². The molecule has 0 saturated carbocycles. The number of fused-ring (bicyclic) bond motifs is 1. The second kappa shape index (κ2) is 10.9. The number of furan rings is 1. The van der Waals surface area contributed by atoms with Crippen LogP contribution in [0.5, 0.6) is 0 Å². The number of sulfonamides is 1. The summed E-state index contributed by atoms with van der Waals surface area (Å²) < 4.78 is 67.8. The summed E-state index contributed by atoms with van der Waals surface area (Å²) in [6.45, 7) is 1.34. The fourth-order valence-electron chi connectivity index (χ4n) is 4.23. The van der Waals surface area contributed by atoms with E-state index in [0.29, 0.717) is 53.8 Å². The van der Waals surface area contributed by atoms with Crippen LogP contribution in [0.2, 0.25) is 0 Å². The molecule has 1 saturated heterocycles. The molecule has 12 heteroatoms. The van der Waals surface area contributed by atoms with Gasteiger partial charge in [-0.2, -0.15) is 9.41 Å². The monoisotopic (exact) mass is 580 g/mol. The van der Waals surface area contributed by atoms with Crippen molar-refractivity contribution in [1.29, 1.82) is 0 Å². The number of rotatable bonds is 6. The maximum atomic E-state index is 14.3. The van der Waals surface area contributed by atoms with E-state index in [-0.39, 0.29) is 10.5 Å². The highest BCUT2D eigenvalue weighted by Crippen LogP contribution is 2.28. The summed E-state index contributed by atoms with van der Waals surface area (Å²) >= 11 is 1.28. The SMILES string of the molecule is O=S(=O)(c1ccc(N=c2scc(-c3cc4ccccc4o3)n2N=Cc2ccc(F)cc2F)cc1)N1CCOCC1. The van der Waals surface area contributed by atoms with Crippen LogP contribution in [0.1, 0.15) is 5.56 Å². The summed E-state index contributed by atoms with van der Waals surface area (Å²) in [6, 6.07) is 18.9. The summed E-state index contributed by atoms with van der Waals surface area (Å²) in [4.78, 5) is 5.27. The van der Waals surface area contributed by atoms with Crippen molar-refractivity contribution < 1.29 is 26.4 Å². The van der Waals surface area contributed by atoms with Crippen LogP contribution in [0.25, 0.3) is 22.4 Å². The summed E-state index contributed by atoms with van der Waals surface area (Å²) in [5.74, 6) is -0.904. The molecule has 0 spiro atoms. The molecule has 0 atom stereocenters. The first-order chi connectivity index (χ1) is 19.4. The summed E-state index contributed by atoms with van der Waals surface area (Å²) in [6.07, 6.45) is 1.28. The highest BCUT2D eigenvalue weighted by Gasteiger charge is 2.26. The molecule has 204 valence electrons. The van der Waals surface area contributed by atoms with Gasteiger partial charge < -0.3 is 9.15 Å². The van der Waals surface area contributed by atoms with Gasteiger partial charge in [-0.25, -0.2) is 26.9 Å². The molecule has 0 radical (unpaired) electrons. The van der Waals surface area contributed by atoms with Crippen molar-refractivity contribution in [3.8, 4) is 11.5 Å². The van der Waals surface area contributed by atoms with Crippen molar-refractivity contribution in [2.24, 2.45) is 10.1 Å². The molecule has 0 amide bonds. The lowest BCUT2D eigenvalue weighted by molar-refractivity contribution is 0.0730. The first-order valence-electron chi connectivity index (χ1n) is 12.3. The number of ether oxygens (including phenoxy) is 1. The molecule has 8 nitrogen and oxygen atoms in total. The predicted molar refractivity (Wildman–Crippen MR) is 148 cm³/mol. The fraction of sp³-hybridized carbons (Fsp3) is 0.143. The second-order valence-corrected chi connectivity index (χ2v) is 11.7. The minimum absolute atomic E-state index is 0.0966. The Kier molecular flexibility index (Phi) is 7.15. The number of aromatic nitrogens is 1. The Hall–Kier alpha value is -3.97. The minimum Gasteiger partial charge on any atom is -0.454 e. The molecule has 2 aromatic heterocycles. The fourth-order valence-corrected chi connectivity index (χ4v) is 6.48. The van der Waals surface area contributed by atoms with E-state index in [1.807, 2.05) is 35.7 Å². The second-order valence-electron chi connectivity index (χ2n) is 8.90. The van der Waals surface area contributed by atoms with Gasteiger partial charge >= 0.3 is 0 Å². The van der Waals surface area contributed by atoms with Gasteiger partial charge in [0.2, 0.25) is 14.8 Å². The lowest BCUT2D eigenvalue weighted by Crippen LogP contribution is -2.40. The largest absolute Gasteiger partial charge is 0.454 e. The number of morpholine rings is 1. The number of halogens is 2. The topological polar surface area (TPSA) is 89.4 Å². The standard InChI is InChI=1S/C28H22F2N4O4S2/c29-21-6-5-20(24(30)16-21)17-31-34-25(27-15-19-3-1-2-4-26(19)38-27)18-39-28(34)32-22-7-9-23(10-8-22)40(35,36)33-11-13-37-14-12-33/h1-10,15-18H,11-14H2. The lowest BCUT2D eigenvalue weighted by Gasteiger charge is -2.26. The van der Waals surface area contributed by atoms with E-state index in [4.69, 9.17) is 9.15 Å². The third kappa shape index (κ3) is 5.26. The zero-order chi connectivity index (χ0) is 27.7. The molecule has 6 rings (SSSR count). The molecule has 1 aliphatic rings. The van der Waals surface area contributed by atoms with E-state index >= 15 is 0 Å². The average molecular weight is 581 g/mol. The maximum Gasteiger partial charge on any atom is 0.243 e. The van der Waals surface area contributed by atoms with Gasteiger partial charge in [0, 0.05) is 35.5 Å². The number of benzene rings is 3. The summed E-state index contributed by atoms with van der Waals surface area (Å²) in [5.41, 5.74) is 1.86. The Morgan fingerprint density at radius 1 is 0.950 bits per heavy atom. The third-order valence-electron chi connectivity index (χ3n) is 6.31. The van der Waals surface area contributed by atoms with Crippen molar-refractivity contribution in [2.75, 3.05) is 26.3 Å². The quantitative estimate of drug-likeness (QED) is 0.253. The van der Waals surface area contributed by atoms with Gasteiger partial charge in [-0.15, -0.1) is 11.3 Å². The average Bonchev–Trinajstić information content (AvgIpc) is 3.57. The number of hydrogen-bond acceptors (Lipinski definition) is 7. The van der Waals surface area contributed by atoms with E-state index in [0.717, 1.165) is 17.5 Å². The highest BCUT2D eigenvalue weighted by atomic mass is 32.2. The van der Waals surface area contributed by atoms with E-state index < -0.39 is 21.7 Å².